The molecule has 5 heteroatoms. The molecule has 0 unspecified atom stereocenters. The first kappa shape index (κ1) is 23.9. The van der Waals surface area contributed by atoms with Crippen molar-refractivity contribution in [2.45, 2.75) is 90.4 Å². The molecule has 156 valence electrons. The average molecular weight is 401 g/mol. The van der Waals surface area contributed by atoms with Gasteiger partial charge in [0.1, 0.15) is 0 Å². The maximum absolute atomic E-state index is 11.7. The van der Waals surface area contributed by atoms with Crippen LogP contribution in [-0.2, 0) is 4.74 Å². The lowest BCUT2D eigenvalue weighted by molar-refractivity contribution is 0.0461. The first-order chi connectivity index (χ1) is 13.3. The number of rotatable bonds is 18. The standard InChI is InChI=1S/C22H37ClO4/c1-2-3-4-5-6-7-8-9-10-11-12-13-18-25-21-16-15-20(27-21)22(24)26-19-14-17-23/h15-16H,2-14,17-19H2,1H3. The zero-order chi connectivity index (χ0) is 19.6. The predicted octanol–water partition coefficient (Wildman–Crippen LogP) is 7.15. The van der Waals surface area contributed by atoms with Gasteiger partial charge in [-0.15, -0.1) is 11.6 Å². The van der Waals surface area contributed by atoms with Crippen molar-refractivity contribution in [1.82, 2.24) is 0 Å². The van der Waals surface area contributed by atoms with Crippen LogP contribution in [0, 0.1) is 0 Å². The van der Waals surface area contributed by atoms with Gasteiger partial charge in [0.2, 0.25) is 5.76 Å². The number of esters is 1. The SMILES string of the molecule is CCCCCCCCCCCCCCOc1ccc(C(=O)OCCCCl)o1. The fraction of sp³-hybridized carbons (Fsp3) is 0.773. The molecular weight excluding hydrogens is 364 g/mol. The number of unbranched alkanes of at least 4 members (excludes halogenated alkanes) is 11. The second kappa shape index (κ2) is 17.0. The first-order valence-corrected chi connectivity index (χ1v) is 11.3. The van der Waals surface area contributed by atoms with E-state index in [2.05, 4.69) is 6.92 Å². The highest BCUT2D eigenvalue weighted by Gasteiger charge is 2.13. The first-order valence-electron chi connectivity index (χ1n) is 10.7. The van der Waals surface area contributed by atoms with Gasteiger partial charge < -0.3 is 13.9 Å². The molecule has 1 aromatic heterocycles. The smallest absolute Gasteiger partial charge is 0.374 e. The normalized spacial score (nSPS) is 10.9. The topological polar surface area (TPSA) is 48.7 Å². The third kappa shape index (κ3) is 12.8. The summed E-state index contributed by atoms with van der Waals surface area (Å²) >= 11 is 5.55. The highest BCUT2D eigenvalue weighted by atomic mass is 35.5. The molecule has 1 aromatic rings. The Kier molecular flexibility index (Phi) is 15.0. The molecule has 0 aliphatic carbocycles. The Labute approximate surface area is 169 Å². The summed E-state index contributed by atoms with van der Waals surface area (Å²) in [4.78, 5) is 11.7. The van der Waals surface area contributed by atoms with Crippen molar-refractivity contribution in [1.29, 1.82) is 0 Å². The highest BCUT2D eigenvalue weighted by Crippen LogP contribution is 2.18. The Balaban J connectivity index is 1.93. The second-order valence-electron chi connectivity index (χ2n) is 7.03. The van der Waals surface area contributed by atoms with Crippen LogP contribution in [0.1, 0.15) is 101 Å². The maximum atomic E-state index is 11.7. The molecule has 0 aliphatic rings. The molecule has 0 fully saturated rings. The van der Waals surface area contributed by atoms with Crippen LogP contribution in [0.2, 0.25) is 0 Å². The third-order valence-corrected chi connectivity index (χ3v) is 4.80. The monoisotopic (exact) mass is 400 g/mol. The predicted molar refractivity (Wildman–Crippen MR) is 111 cm³/mol. The summed E-state index contributed by atoms with van der Waals surface area (Å²) in [7, 11) is 0. The van der Waals surface area contributed by atoms with Crippen molar-refractivity contribution in [2.75, 3.05) is 19.1 Å². The van der Waals surface area contributed by atoms with E-state index >= 15 is 0 Å². The van der Waals surface area contributed by atoms with E-state index in [1.807, 2.05) is 0 Å². The van der Waals surface area contributed by atoms with E-state index < -0.39 is 5.97 Å². The van der Waals surface area contributed by atoms with Gasteiger partial charge in [0, 0.05) is 11.9 Å². The minimum Gasteiger partial charge on any atom is -0.465 e. The Morgan fingerprint density at radius 3 is 2.04 bits per heavy atom. The number of furan rings is 1. The lowest BCUT2D eigenvalue weighted by atomic mass is 10.1. The Morgan fingerprint density at radius 2 is 1.44 bits per heavy atom. The second-order valence-corrected chi connectivity index (χ2v) is 7.41. The van der Waals surface area contributed by atoms with E-state index in [0.29, 0.717) is 31.5 Å². The fourth-order valence-corrected chi connectivity index (χ4v) is 3.02. The van der Waals surface area contributed by atoms with Gasteiger partial charge in [0.15, 0.2) is 0 Å². The average Bonchev–Trinajstić information content (AvgIpc) is 3.14. The van der Waals surface area contributed by atoms with Gasteiger partial charge >= 0.3 is 5.97 Å². The molecular formula is C22H37ClO4. The summed E-state index contributed by atoms with van der Waals surface area (Å²) < 4.78 is 15.9. The zero-order valence-electron chi connectivity index (χ0n) is 17.0. The van der Waals surface area contributed by atoms with Crippen LogP contribution in [-0.4, -0.2) is 25.1 Å². The molecule has 0 saturated heterocycles. The van der Waals surface area contributed by atoms with Gasteiger partial charge in [0.05, 0.1) is 13.2 Å². The number of halogens is 1. The van der Waals surface area contributed by atoms with Gasteiger partial charge in [-0.25, -0.2) is 4.79 Å². The molecule has 27 heavy (non-hydrogen) atoms. The summed E-state index contributed by atoms with van der Waals surface area (Å²) in [6.07, 6.45) is 16.4. The largest absolute Gasteiger partial charge is 0.465 e. The van der Waals surface area contributed by atoms with Gasteiger partial charge in [-0.2, -0.15) is 0 Å². The van der Waals surface area contributed by atoms with Gasteiger partial charge in [-0.3, -0.25) is 0 Å². The molecule has 0 bridgehead atoms. The van der Waals surface area contributed by atoms with E-state index in [1.54, 1.807) is 12.1 Å². The number of ether oxygens (including phenoxy) is 2. The molecule has 0 N–H and O–H groups in total. The van der Waals surface area contributed by atoms with Gasteiger partial charge in [-0.1, -0.05) is 77.6 Å². The van der Waals surface area contributed by atoms with E-state index in [4.69, 9.17) is 25.5 Å². The Hall–Kier alpha value is -1.16. The van der Waals surface area contributed by atoms with Crippen LogP contribution in [0.3, 0.4) is 0 Å². The van der Waals surface area contributed by atoms with Crippen LogP contribution < -0.4 is 4.74 Å². The summed E-state index contributed by atoms with van der Waals surface area (Å²) in [5.74, 6) is 0.552. The van der Waals surface area contributed by atoms with E-state index in [0.717, 1.165) is 6.42 Å². The fourth-order valence-electron chi connectivity index (χ4n) is 2.91. The molecule has 1 rings (SSSR count). The minimum absolute atomic E-state index is 0.175. The van der Waals surface area contributed by atoms with Crippen molar-refractivity contribution >= 4 is 17.6 Å². The van der Waals surface area contributed by atoms with E-state index in [-0.39, 0.29) is 5.76 Å². The van der Waals surface area contributed by atoms with Gasteiger partial charge in [0.25, 0.3) is 5.95 Å². The summed E-state index contributed by atoms with van der Waals surface area (Å²) in [5, 5.41) is 0. The van der Waals surface area contributed by atoms with E-state index in [1.165, 1.54) is 70.6 Å². The zero-order valence-corrected chi connectivity index (χ0v) is 17.7. The number of alkyl halides is 1. The number of carbonyl (C=O) groups is 1. The minimum atomic E-state index is -0.472. The molecule has 4 nitrogen and oxygen atoms in total. The van der Waals surface area contributed by atoms with Crippen LogP contribution in [0.25, 0.3) is 0 Å². The van der Waals surface area contributed by atoms with Crippen LogP contribution in [0.4, 0.5) is 0 Å². The molecule has 0 atom stereocenters. The molecule has 0 aromatic carbocycles. The van der Waals surface area contributed by atoms with Crippen molar-refractivity contribution < 1.29 is 18.7 Å². The lowest BCUT2D eigenvalue weighted by Crippen LogP contribution is -2.05. The van der Waals surface area contributed by atoms with Gasteiger partial charge in [-0.05, 0) is 18.9 Å². The summed E-state index contributed by atoms with van der Waals surface area (Å²) in [6.45, 7) is 3.18. The third-order valence-electron chi connectivity index (χ3n) is 4.54. The number of carbonyl (C=O) groups excluding carboxylic acids is 1. The molecule has 0 radical (unpaired) electrons. The van der Waals surface area contributed by atoms with E-state index in [9.17, 15) is 4.79 Å². The molecule has 0 saturated carbocycles. The summed E-state index contributed by atoms with van der Waals surface area (Å²) in [5.41, 5.74) is 0. The van der Waals surface area contributed by atoms with Crippen LogP contribution in [0.15, 0.2) is 16.5 Å². The Bertz CT molecular complexity index is 473. The quantitative estimate of drug-likeness (QED) is 0.149. The van der Waals surface area contributed by atoms with Crippen LogP contribution >= 0.6 is 11.6 Å². The van der Waals surface area contributed by atoms with Crippen molar-refractivity contribution in [3.05, 3.63) is 17.9 Å². The maximum Gasteiger partial charge on any atom is 0.374 e. The van der Waals surface area contributed by atoms with Crippen LogP contribution in [0.5, 0.6) is 5.95 Å². The van der Waals surface area contributed by atoms with Crippen molar-refractivity contribution in [2.24, 2.45) is 0 Å². The number of hydrogen-bond acceptors (Lipinski definition) is 4. The molecule has 0 spiro atoms. The Morgan fingerprint density at radius 1 is 0.852 bits per heavy atom. The highest BCUT2D eigenvalue weighted by molar-refractivity contribution is 6.17. The lowest BCUT2D eigenvalue weighted by Gasteiger charge is -2.04. The molecule has 0 aliphatic heterocycles. The van der Waals surface area contributed by atoms with Crippen molar-refractivity contribution in [3.63, 3.8) is 0 Å². The summed E-state index contributed by atoms with van der Waals surface area (Å²) in [6, 6.07) is 3.25. The number of hydrogen-bond donors (Lipinski definition) is 0. The molecule has 1 heterocycles. The molecule has 0 amide bonds. The van der Waals surface area contributed by atoms with Crippen molar-refractivity contribution in [3.8, 4) is 5.95 Å².